The minimum absolute atomic E-state index is 0.254. The molecule has 3 nitrogen and oxygen atoms in total. The van der Waals surface area contributed by atoms with Crippen LogP contribution in [0.15, 0.2) is 18.3 Å². The summed E-state index contributed by atoms with van der Waals surface area (Å²) in [6.07, 6.45) is 4.45. The molecule has 17 heavy (non-hydrogen) atoms. The van der Waals surface area contributed by atoms with Crippen molar-refractivity contribution in [2.24, 2.45) is 0 Å². The fourth-order valence-corrected chi connectivity index (χ4v) is 2.52. The van der Waals surface area contributed by atoms with Crippen LogP contribution < -0.4 is 10.2 Å². The zero-order valence-electron chi connectivity index (χ0n) is 11.2. The first kappa shape index (κ1) is 12.4. The minimum Gasteiger partial charge on any atom is -0.351 e. The molecule has 0 radical (unpaired) electrons. The number of rotatable bonds is 4. The van der Waals surface area contributed by atoms with Gasteiger partial charge in [-0.3, -0.25) is 0 Å². The van der Waals surface area contributed by atoms with Crippen LogP contribution in [0.1, 0.15) is 39.2 Å². The lowest BCUT2D eigenvalue weighted by molar-refractivity contribution is 0.514. The van der Waals surface area contributed by atoms with Gasteiger partial charge >= 0.3 is 0 Å². The average Bonchev–Trinajstić information content (AvgIpc) is 2.67. The molecule has 0 bridgehead atoms. The van der Waals surface area contributed by atoms with E-state index in [1.165, 1.54) is 18.4 Å². The normalized spacial score (nSPS) is 18.6. The van der Waals surface area contributed by atoms with E-state index >= 15 is 0 Å². The summed E-state index contributed by atoms with van der Waals surface area (Å²) in [5, 5.41) is 3.36. The predicted octanol–water partition coefficient (Wildman–Crippen LogP) is 2.57. The molecule has 1 aromatic rings. The molecule has 2 heterocycles. The van der Waals surface area contributed by atoms with E-state index in [2.05, 4.69) is 48.1 Å². The van der Waals surface area contributed by atoms with Gasteiger partial charge in [0.15, 0.2) is 0 Å². The maximum absolute atomic E-state index is 4.52. The molecule has 0 aromatic carbocycles. The van der Waals surface area contributed by atoms with E-state index in [1.807, 2.05) is 6.20 Å². The molecule has 1 N–H and O–H groups in total. The van der Waals surface area contributed by atoms with Crippen molar-refractivity contribution >= 4 is 5.82 Å². The van der Waals surface area contributed by atoms with Crippen LogP contribution in [0.25, 0.3) is 0 Å². The summed E-state index contributed by atoms with van der Waals surface area (Å²) >= 11 is 0. The van der Waals surface area contributed by atoms with Crippen LogP contribution in [0, 0.1) is 0 Å². The summed E-state index contributed by atoms with van der Waals surface area (Å²) in [4.78, 5) is 6.96. The Morgan fingerprint density at radius 1 is 1.47 bits per heavy atom. The maximum Gasteiger partial charge on any atom is 0.129 e. The monoisotopic (exact) mass is 233 g/mol. The number of nitrogens with zero attached hydrogens (tertiary/aromatic N) is 2. The van der Waals surface area contributed by atoms with Crippen molar-refractivity contribution in [2.75, 3.05) is 18.0 Å². The number of hydrogen-bond acceptors (Lipinski definition) is 3. The highest BCUT2D eigenvalue weighted by molar-refractivity contribution is 5.45. The first-order valence-electron chi connectivity index (χ1n) is 6.57. The van der Waals surface area contributed by atoms with Crippen LogP contribution in [-0.4, -0.2) is 23.6 Å². The summed E-state index contributed by atoms with van der Waals surface area (Å²) < 4.78 is 0. The van der Waals surface area contributed by atoms with E-state index in [9.17, 15) is 0 Å². The van der Waals surface area contributed by atoms with Gasteiger partial charge in [-0.15, -0.1) is 0 Å². The van der Waals surface area contributed by atoms with Gasteiger partial charge in [-0.05, 0) is 50.9 Å². The average molecular weight is 233 g/mol. The molecule has 3 heteroatoms. The van der Waals surface area contributed by atoms with Crippen molar-refractivity contribution in [2.45, 2.75) is 45.7 Å². The van der Waals surface area contributed by atoms with Crippen molar-refractivity contribution in [3.05, 3.63) is 23.9 Å². The third kappa shape index (κ3) is 2.78. The van der Waals surface area contributed by atoms with E-state index in [0.717, 1.165) is 25.5 Å². The molecule has 2 rings (SSSR count). The van der Waals surface area contributed by atoms with Gasteiger partial charge in [0.25, 0.3) is 0 Å². The highest BCUT2D eigenvalue weighted by Crippen LogP contribution is 2.32. The van der Waals surface area contributed by atoms with E-state index in [-0.39, 0.29) is 5.54 Å². The summed E-state index contributed by atoms with van der Waals surface area (Å²) in [7, 11) is 0. The summed E-state index contributed by atoms with van der Waals surface area (Å²) in [6, 6.07) is 4.31. The fraction of sp³-hybridized carbons (Fsp3) is 0.643. The number of aromatic nitrogens is 1. The standard InChI is InChI=1S/C14H23N3/c1-4-15-11-12-6-8-16-13(10-12)17-9-5-7-14(17,2)3/h6,8,10,15H,4-5,7,9,11H2,1-3H3. The Bertz CT molecular complexity index is 373. The number of anilines is 1. The Labute approximate surface area is 104 Å². The third-order valence-corrected chi connectivity index (χ3v) is 3.57. The predicted molar refractivity (Wildman–Crippen MR) is 72.3 cm³/mol. The molecule has 0 saturated carbocycles. The van der Waals surface area contributed by atoms with Crippen molar-refractivity contribution < 1.29 is 0 Å². The van der Waals surface area contributed by atoms with Crippen molar-refractivity contribution in [3.8, 4) is 0 Å². The van der Waals surface area contributed by atoms with Gasteiger partial charge < -0.3 is 10.2 Å². The highest BCUT2D eigenvalue weighted by atomic mass is 15.3. The first-order chi connectivity index (χ1) is 8.13. The molecule has 0 aliphatic carbocycles. The topological polar surface area (TPSA) is 28.2 Å². The zero-order valence-corrected chi connectivity index (χ0v) is 11.2. The maximum atomic E-state index is 4.52. The van der Waals surface area contributed by atoms with Crippen molar-refractivity contribution in [1.82, 2.24) is 10.3 Å². The molecule has 1 aliphatic rings. The number of pyridine rings is 1. The van der Waals surface area contributed by atoms with Gasteiger partial charge in [0.1, 0.15) is 5.82 Å². The zero-order chi connectivity index (χ0) is 12.3. The molecule has 0 spiro atoms. The number of hydrogen-bond donors (Lipinski definition) is 1. The molecule has 1 saturated heterocycles. The second kappa shape index (κ2) is 5.05. The highest BCUT2D eigenvalue weighted by Gasteiger charge is 2.32. The minimum atomic E-state index is 0.254. The van der Waals surface area contributed by atoms with Crippen molar-refractivity contribution in [1.29, 1.82) is 0 Å². The molecule has 0 atom stereocenters. The van der Waals surface area contributed by atoms with E-state index < -0.39 is 0 Å². The lowest BCUT2D eigenvalue weighted by Crippen LogP contribution is -2.38. The molecule has 0 amide bonds. The van der Waals surface area contributed by atoms with Crippen LogP contribution >= 0.6 is 0 Å². The van der Waals surface area contributed by atoms with Crippen LogP contribution in [0.5, 0.6) is 0 Å². The first-order valence-corrected chi connectivity index (χ1v) is 6.57. The van der Waals surface area contributed by atoms with Crippen LogP contribution in [-0.2, 0) is 6.54 Å². The third-order valence-electron chi connectivity index (χ3n) is 3.57. The molecule has 1 aromatic heterocycles. The molecule has 1 fully saturated rings. The van der Waals surface area contributed by atoms with Gasteiger partial charge in [-0.2, -0.15) is 0 Å². The summed E-state index contributed by atoms with van der Waals surface area (Å²) in [6.45, 7) is 9.81. The largest absolute Gasteiger partial charge is 0.351 e. The Hall–Kier alpha value is -1.09. The quantitative estimate of drug-likeness (QED) is 0.866. The molecule has 0 unspecified atom stereocenters. The lowest BCUT2D eigenvalue weighted by atomic mass is 10.0. The van der Waals surface area contributed by atoms with Gasteiger partial charge in [0.2, 0.25) is 0 Å². The molecular formula is C14H23N3. The Morgan fingerprint density at radius 3 is 2.94 bits per heavy atom. The van der Waals surface area contributed by atoms with Gasteiger partial charge in [-0.1, -0.05) is 6.92 Å². The van der Waals surface area contributed by atoms with E-state index in [4.69, 9.17) is 0 Å². The second-order valence-electron chi connectivity index (χ2n) is 5.37. The molecule has 94 valence electrons. The Kier molecular flexibility index (Phi) is 3.67. The van der Waals surface area contributed by atoms with Gasteiger partial charge in [0.05, 0.1) is 0 Å². The van der Waals surface area contributed by atoms with Gasteiger partial charge in [0, 0.05) is 24.8 Å². The second-order valence-corrected chi connectivity index (χ2v) is 5.37. The van der Waals surface area contributed by atoms with Crippen LogP contribution in [0.4, 0.5) is 5.82 Å². The smallest absolute Gasteiger partial charge is 0.129 e. The van der Waals surface area contributed by atoms with Crippen LogP contribution in [0.3, 0.4) is 0 Å². The van der Waals surface area contributed by atoms with E-state index in [0.29, 0.717) is 0 Å². The number of nitrogens with one attached hydrogen (secondary N) is 1. The van der Waals surface area contributed by atoms with Gasteiger partial charge in [-0.25, -0.2) is 4.98 Å². The van der Waals surface area contributed by atoms with E-state index in [1.54, 1.807) is 0 Å². The summed E-state index contributed by atoms with van der Waals surface area (Å²) in [5.74, 6) is 1.13. The molecule has 1 aliphatic heterocycles. The summed E-state index contributed by atoms with van der Waals surface area (Å²) in [5.41, 5.74) is 1.57. The Morgan fingerprint density at radius 2 is 2.29 bits per heavy atom. The fourth-order valence-electron chi connectivity index (χ4n) is 2.52. The Balaban J connectivity index is 2.15. The lowest BCUT2D eigenvalue weighted by Gasteiger charge is -2.32. The molecular weight excluding hydrogens is 210 g/mol. The van der Waals surface area contributed by atoms with Crippen LogP contribution in [0.2, 0.25) is 0 Å². The SMILES string of the molecule is CCNCc1ccnc(N2CCCC2(C)C)c1. The van der Waals surface area contributed by atoms with Crippen molar-refractivity contribution in [3.63, 3.8) is 0 Å².